The molecule has 0 unspecified atom stereocenters. The third kappa shape index (κ3) is 4.47. The highest BCUT2D eigenvalue weighted by molar-refractivity contribution is 5.94. The molecule has 2 aromatic heterocycles. The van der Waals surface area contributed by atoms with Gasteiger partial charge in [-0.1, -0.05) is 6.92 Å². The first-order valence-electron chi connectivity index (χ1n) is 6.48. The van der Waals surface area contributed by atoms with Gasteiger partial charge in [-0.05, 0) is 30.8 Å². The first kappa shape index (κ1) is 17.0. The zero-order chi connectivity index (χ0) is 14.4. The van der Waals surface area contributed by atoms with E-state index >= 15 is 0 Å². The van der Waals surface area contributed by atoms with Crippen molar-refractivity contribution in [1.82, 2.24) is 15.6 Å². The summed E-state index contributed by atoms with van der Waals surface area (Å²) >= 11 is 0. The summed E-state index contributed by atoms with van der Waals surface area (Å²) in [6.45, 7) is 3.98. The number of nitrogens with one attached hydrogen (secondary N) is 3. The highest BCUT2D eigenvalue weighted by Crippen LogP contribution is 2.15. The van der Waals surface area contributed by atoms with Gasteiger partial charge >= 0.3 is 0 Å². The normalized spacial score (nSPS) is 9.95. The van der Waals surface area contributed by atoms with Crippen LogP contribution in [0.1, 0.15) is 17.3 Å². The Morgan fingerprint density at radius 1 is 1.29 bits per heavy atom. The summed E-state index contributed by atoms with van der Waals surface area (Å²) in [7, 11) is 0. The van der Waals surface area contributed by atoms with E-state index in [1.54, 1.807) is 18.2 Å². The van der Waals surface area contributed by atoms with Crippen LogP contribution in [0.3, 0.4) is 0 Å². The lowest BCUT2D eigenvalue weighted by atomic mass is 10.2. The minimum Gasteiger partial charge on any atom is -0.463 e. The molecule has 0 aliphatic rings. The number of furan rings is 1. The molecule has 0 aliphatic heterocycles. The minimum absolute atomic E-state index is 0. The summed E-state index contributed by atoms with van der Waals surface area (Å²) in [5.41, 5.74) is 0.209. The van der Waals surface area contributed by atoms with Gasteiger partial charge < -0.3 is 20.0 Å². The fourth-order valence-electron chi connectivity index (χ4n) is 1.76. The number of pyridine rings is 1. The third-order valence-electron chi connectivity index (χ3n) is 2.78. The van der Waals surface area contributed by atoms with Gasteiger partial charge in [-0.3, -0.25) is 9.59 Å². The van der Waals surface area contributed by atoms with Crippen LogP contribution in [-0.2, 0) is 0 Å². The molecule has 2 heterocycles. The second kappa shape index (κ2) is 8.28. The largest absolute Gasteiger partial charge is 0.463 e. The number of rotatable bonds is 6. The first-order valence-corrected chi connectivity index (χ1v) is 6.48. The summed E-state index contributed by atoms with van der Waals surface area (Å²) in [6.07, 6.45) is 1.52. The number of aromatic amines is 1. The second-order valence-electron chi connectivity index (χ2n) is 4.20. The predicted octanol–water partition coefficient (Wildman–Crippen LogP) is 1.40. The molecular formula is C14H18ClN3O3. The number of carbonyl (C=O) groups is 1. The summed E-state index contributed by atoms with van der Waals surface area (Å²) in [4.78, 5) is 26.4. The summed E-state index contributed by atoms with van der Waals surface area (Å²) < 4.78 is 5.19. The lowest BCUT2D eigenvalue weighted by Gasteiger charge is -2.05. The molecule has 1 amide bonds. The molecule has 0 spiro atoms. The number of aromatic nitrogens is 1. The predicted molar refractivity (Wildman–Crippen MR) is 82.9 cm³/mol. The molecular weight excluding hydrogens is 294 g/mol. The van der Waals surface area contributed by atoms with E-state index in [1.165, 1.54) is 12.3 Å². The lowest BCUT2D eigenvalue weighted by molar-refractivity contribution is 0.0952. The number of amides is 1. The van der Waals surface area contributed by atoms with Crippen molar-refractivity contribution in [3.63, 3.8) is 0 Å². The fourth-order valence-corrected chi connectivity index (χ4v) is 1.76. The van der Waals surface area contributed by atoms with Crippen LogP contribution < -0.4 is 16.2 Å². The van der Waals surface area contributed by atoms with Gasteiger partial charge in [0.2, 0.25) is 0 Å². The van der Waals surface area contributed by atoms with E-state index in [0.717, 1.165) is 6.54 Å². The molecule has 0 saturated carbocycles. The van der Waals surface area contributed by atoms with Gasteiger partial charge in [0.05, 0.1) is 12.0 Å². The summed E-state index contributed by atoms with van der Waals surface area (Å²) in [5, 5.41) is 5.77. The first-order chi connectivity index (χ1) is 9.72. The molecule has 2 aromatic rings. The van der Waals surface area contributed by atoms with Gasteiger partial charge in [-0.15, -0.1) is 12.4 Å². The topological polar surface area (TPSA) is 87.1 Å². The van der Waals surface area contributed by atoms with E-state index in [9.17, 15) is 9.59 Å². The Morgan fingerprint density at radius 3 is 2.71 bits per heavy atom. The molecule has 0 aliphatic carbocycles. The molecule has 2 rings (SSSR count). The van der Waals surface area contributed by atoms with Crippen molar-refractivity contribution in [3.8, 4) is 11.5 Å². The average molecular weight is 312 g/mol. The molecule has 114 valence electrons. The Morgan fingerprint density at radius 2 is 2.10 bits per heavy atom. The maximum absolute atomic E-state index is 11.9. The van der Waals surface area contributed by atoms with Gasteiger partial charge in [0.15, 0.2) is 0 Å². The average Bonchev–Trinajstić information content (AvgIpc) is 2.97. The van der Waals surface area contributed by atoms with Gasteiger partial charge in [-0.2, -0.15) is 0 Å². The van der Waals surface area contributed by atoms with E-state index in [-0.39, 0.29) is 23.9 Å². The third-order valence-corrected chi connectivity index (χ3v) is 2.78. The number of halogens is 1. The maximum Gasteiger partial charge on any atom is 0.261 e. The number of likely N-dealkylation sites (N-methyl/N-ethyl adjacent to an activating group) is 1. The Bertz CT molecular complexity index is 623. The number of hydrogen-bond donors (Lipinski definition) is 3. The van der Waals surface area contributed by atoms with Crippen LogP contribution in [-0.4, -0.2) is 30.5 Å². The lowest BCUT2D eigenvalue weighted by Crippen LogP contribution is -2.34. The van der Waals surface area contributed by atoms with Crippen molar-refractivity contribution in [2.45, 2.75) is 6.92 Å². The van der Waals surface area contributed by atoms with E-state index in [1.807, 2.05) is 6.92 Å². The van der Waals surface area contributed by atoms with Crippen LogP contribution in [0.4, 0.5) is 0 Å². The van der Waals surface area contributed by atoms with Crippen molar-refractivity contribution < 1.29 is 9.21 Å². The Labute approximate surface area is 128 Å². The van der Waals surface area contributed by atoms with Crippen LogP contribution in [0, 0.1) is 0 Å². The standard InChI is InChI=1S/C14H17N3O3.ClH/c1-2-15-7-8-16-13(18)10-5-6-11(17-14(10)19)12-4-3-9-20-12;/h3-6,9,15H,2,7-8H2,1H3,(H,16,18)(H,17,19);1H. The molecule has 0 bridgehead atoms. The van der Waals surface area contributed by atoms with Gasteiger partial charge in [0, 0.05) is 13.1 Å². The Balaban J connectivity index is 0.00000220. The molecule has 21 heavy (non-hydrogen) atoms. The summed E-state index contributed by atoms with van der Waals surface area (Å²) in [5.74, 6) is 0.177. The monoisotopic (exact) mass is 311 g/mol. The molecule has 3 N–H and O–H groups in total. The van der Waals surface area contributed by atoms with Crippen LogP contribution in [0.15, 0.2) is 39.7 Å². The van der Waals surface area contributed by atoms with Gasteiger partial charge in [0.25, 0.3) is 11.5 Å². The molecule has 0 radical (unpaired) electrons. The molecule has 0 fully saturated rings. The van der Waals surface area contributed by atoms with Crippen LogP contribution in [0.2, 0.25) is 0 Å². The van der Waals surface area contributed by atoms with Crippen molar-refractivity contribution >= 4 is 18.3 Å². The molecule has 0 saturated heterocycles. The van der Waals surface area contributed by atoms with Crippen LogP contribution >= 0.6 is 12.4 Å². The van der Waals surface area contributed by atoms with Crippen LogP contribution in [0.25, 0.3) is 11.5 Å². The molecule has 6 nitrogen and oxygen atoms in total. The quantitative estimate of drug-likeness (QED) is 0.704. The van der Waals surface area contributed by atoms with Crippen molar-refractivity contribution in [2.75, 3.05) is 19.6 Å². The minimum atomic E-state index is -0.431. The molecule has 7 heteroatoms. The van der Waals surface area contributed by atoms with Crippen LogP contribution in [0.5, 0.6) is 0 Å². The van der Waals surface area contributed by atoms with Gasteiger partial charge in [-0.25, -0.2) is 0 Å². The molecule has 0 atom stereocenters. The Hall–Kier alpha value is -2.05. The van der Waals surface area contributed by atoms with Crippen molar-refractivity contribution in [2.24, 2.45) is 0 Å². The van der Waals surface area contributed by atoms with Crippen molar-refractivity contribution in [1.29, 1.82) is 0 Å². The zero-order valence-corrected chi connectivity index (χ0v) is 12.5. The fraction of sp³-hybridized carbons (Fsp3) is 0.286. The Kier molecular flexibility index (Phi) is 6.71. The zero-order valence-electron chi connectivity index (χ0n) is 11.6. The van der Waals surface area contributed by atoms with E-state index in [4.69, 9.17) is 4.42 Å². The summed E-state index contributed by atoms with van der Waals surface area (Å²) in [6, 6.07) is 6.62. The highest BCUT2D eigenvalue weighted by Gasteiger charge is 2.11. The SMILES string of the molecule is CCNCCNC(=O)c1ccc(-c2ccco2)[nH]c1=O.Cl. The van der Waals surface area contributed by atoms with Gasteiger partial charge in [0.1, 0.15) is 11.3 Å². The van der Waals surface area contributed by atoms with E-state index < -0.39 is 5.56 Å². The van der Waals surface area contributed by atoms with E-state index in [2.05, 4.69) is 15.6 Å². The number of carbonyl (C=O) groups excluding carboxylic acids is 1. The smallest absolute Gasteiger partial charge is 0.261 e. The molecule has 0 aromatic carbocycles. The second-order valence-corrected chi connectivity index (χ2v) is 4.20. The maximum atomic E-state index is 11.9. The van der Waals surface area contributed by atoms with E-state index in [0.29, 0.717) is 24.5 Å². The highest BCUT2D eigenvalue weighted by atomic mass is 35.5. The van der Waals surface area contributed by atoms with Crippen molar-refractivity contribution in [3.05, 3.63) is 46.4 Å². The number of H-pyrrole nitrogens is 1. The number of hydrogen-bond acceptors (Lipinski definition) is 4.